The predicted molar refractivity (Wildman–Crippen MR) is 68.9 cm³/mol. The molecule has 1 aliphatic heterocycles. The minimum atomic E-state index is -0.249. The van der Waals surface area contributed by atoms with E-state index in [-0.39, 0.29) is 15.6 Å². The van der Waals surface area contributed by atoms with E-state index in [2.05, 4.69) is 0 Å². The van der Waals surface area contributed by atoms with Crippen molar-refractivity contribution in [2.45, 2.75) is 13.8 Å². The summed E-state index contributed by atoms with van der Waals surface area (Å²) in [4.78, 5) is 24.7. The van der Waals surface area contributed by atoms with Gasteiger partial charge in [0.15, 0.2) is 5.70 Å². The number of amides is 2. The first-order chi connectivity index (χ1) is 7.98. The predicted octanol–water partition coefficient (Wildman–Crippen LogP) is 3.24. The summed E-state index contributed by atoms with van der Waals surface area (Å²) in [6.07, 6.45) is 0. The third kappa shape index (κ3) is 1.73. The number of nitrogens with zero attached hydrogens (tertiary/aromatic N) is 1. The van der Waals surface area contributed by atoms with Crippen molar-refractivity contribution in [1.82, 2.24) is 0 Å². The lowest BCUT2D eigenvalue weighted by atomic mass is 10.1. The Kier molecular flexibility index (Phi) is 2.93. The molecule has 0 saturated heterocycles. The van der Waals surface area contributed by atoms with Crippen LogP contribution in [0.1, 0.15) is 19.4 Å². The van der Waals surface area contributed by atoms with Gasteiger partial charge in [0.2, 0.25) is 0 Å². The lowest BCUT2D eigenvalue weighted by Crippen LogP contribution is -2.46. The van der Waals surface area contributed by atoms with Crippen LogP contribution >= 0.6 is 11.8 Å². The first-order valence-corrected chi connectivity index (χ1v) is 6.16. The van der Waals surface area contributed by atoms with Crippen LogP contribution in [-0.4, -0.2) is 22.7 Å². The fraction of sp³-hybridized carbons (Fsp3) is 0.231. The van der Waals surface area contributed by atoms with Crippen molar-refractivity contribution in [3.05, 3.63) is 40.8 Å². The molecular formula is C13H14NO2S+. The van der Waals surface area contributed by atoms with Crippen LogP contribution < -0.4 is 0 Å². The largest absolute Gasteiger partial charge is 0.392 e. The number of imide groups is 1. The molecule has 0 saturated carbocycles. The monoisotopic (exact) mass is 248 g/mol. The number of thioether (sulfide) groups is 1. The van der Waals surface area contributed by atoms with E-state index in [9.17, 15) is 9.59 Å². The fourth-order valence-corrected chi connectivity index (χ4v) is 3.08. The van der Waals surface area contributed by atoms with Crippen LogP contribution in [0.15, 0.2) is 35.2 Å². The quantitative estimate of drug-likeness (QED) is 0.715. The Bertz CT molecular complexity index is 521. The molecule has 1 heterocycles. The van der Waals surface area contributed by atoms with E-state index in [4.69, 9.17) is 0 Å². The van der Waals surface area contributed by atoms with Crippen LogP contribution in [0.3, 0.4) is 0 Å². The van der Waals surface area contributed by atoms with Crippen molar-refractivity contribution in [3.8, 4) is 0 Å². The third-order valence-electron chi connectivity index (χ3n) is 3.06. The molecule has 0 N–H and O–H groups in total. The summed E-state index contributed by atoms with van der Waals surface area (Å²) in [6, 6.07) is 9.59. The Morgan fingerprint density at radius 3 is 2.35 bits per heavy atom. The highest BCUT2D eigenvalue weighted by atomic mass is 32.2. The zero-order valence-corrected chi connectivity index (χ0v) is 10.9. The summed E-state index contributed by atoms with van der Waals surface area (Å²) in [5.74, 6) is -0.154. The second-order valence-electron chi connectivity index (χ2n) is 4.16. The highest BCUT2D eigenvalue weighted by molar-refractivity contribution is 8.17. The van der Waals surface area contributed by atoms with Gasteiger partial charge in [-0.2, -0.15) is 4.48 Å². The maximum absolute atomic E-state index is 12.0. The third-order valence-corrected chi connectivity index (χ3v) is 4.10. The topological polar surface area (TPSA) is 34.1 Å². The summed E-state index contributed by atoms with van der Waals surface area (Å²) in [5.41, 5.74) is 1.73. The lowest BCUT2D eigenvalue weighted by Gasteiger charge is -2.24. The first-order valence-electron chi connectivity index (χ1n) is 5.35. The highest BCUT2D eigenvalue weighted by Gasteiger charge is 2.49. The van der Waals surface area contributed by atoms with Gasteiger partial charge in [0.05, 0.1) is 18.9 Å². The minimum Gasteiger partial charge on any atom is -0.230 e. The van der Waals surface area contributed by atoms with E-state index in [1.165, 1.54) is 6.92 Å². The smallest absolute Gasteiger partial charge is 0.230 e. The van der Waals surface area contributed by atoms with Gasteiger partial charge < -0.3 is 0 Å². The molecule has 4 heteroatoms. The van der Waals surface area contributed by atoms with Crippen molar-refractivity contribution in [1.29, 1.82) is 0 Å². The van der Waals surface area contributed by atoms with Crippen LogP contribution in [0.2, 0.25) is 0 Å². The Hall–Kier alpha value is -1.39. The number of carbonyl (C=O) groups is 2. The second kappa shape index (κ2) is 4.13. The number of allylic oxidation sites excluding steroid dienone is 1. The van der Waals surface area contributed by atoms with Gasteiger partial charge in [-0.05, 0) is 19.1 Å². The van der Waals surface area contributed by atoms with Crippen molar-refractivity contribution in [3.63, 3.8) is 0 Å². The van der Waals surface area contributed by atoms with Crippen LogP contribution in [-0.2, 0) is 4.79 Å². The standard InChI is InChI=1S/C13H14NO2S/c1-9-12(11-7-5-4-6-8-11)14(3,10(2)15)13(16)17-9/h4-8H,1-3H3/q+1. The molecule has 0 radical (unpaired) electrons. The molecule has 17 heavy (non-hydrogen) atoms. The number of carbonyl (C=O) groups excluding carboxylic acids is 2. The van der Waals surface area contributed by atoms with E-state index in [1.54, 1.807) is 7.05 Å². The summed E-state index contributed by atoms with van der Waals surface area (Å²) in [7, 11) is 1.66. The molecule has 2 rings (SSSR count). The van der Waals surface area contributed by atoms with Crippen LogP contribution in [0.25, 0.3) is 5.70 Å². The minimum absolute atomic E-state index is 0.131. The average molecular weight is 248 g/mol. The molecule has 88 valence electrons. The molecule has 0 aliphatic carbocycles. The average Bonchev–Trinajstić information content (AvgIpc) is 2.52. The number of benzene rings is 1. The number of quaternary nitrogens is 1. The molecule has 0 bridgehead atoms. The SMILES string of the molecule is CC(=O)[N+]1(C)C(=O)SC(C)=C1c1ccccc1. The number of rotatable bonds is 1. The summed E-state index contributed by atoms with van der Waals surface area (Å²) in [5, 5.41) is -0.131. The van der Waals surface area contributed by atoms with Gasteiger partial charge in [-0.25, -0.2) is 9.59 Å². The van der Waals surface area contributed by atoms with E-state index < -0.39 is 0 Å². The maximum atomic E-state index is 12.0. The summed E-state index contributed by atoms with van der Waals surface area (Å²) in [6.45, 7) is 3.34. The van der Waals surface area contributed by atoms with Crippen molar-refractivity contribution in [2.75, 3.05) is 7.05 Å². The Labute approximate surface area is 105 Å². The Morgan fingerprint density at radius 1 is 1.24 bits per heavy atom. The van der Waals surface area contributed by atoms with Gasteiger partial charge in [0.1, 0.15) is 0 Å². The zero-order chi connectivity index (χ0) is 12.6. The van der Waals surface area contributed by atoms with Gasteiger partial charge in [-0.3, -0.25) is 0 Å². The van der Waals surface area contributed by atoms with Gasteiger partial charge in [-0.15, -0.1) is 0 Å². The molecule has 0 aromatic heterocycles. The maximum Gasteiger partial charge on any atom is 0.392 e. The Balaban J connectivity index is 2.62. The van der Waals surface area contributed by atoms with E-state index in [1.807, 2.05) is 37.3 Å². The van der Waals surface area contributed by atoms with Crippen LogP contribution in [0.4, 0.5) is 4.79 Å². The fourth-order valence-electron chi connectivity index (χ4n) is 2.02. The van der Waals surface area contributed by atoms with E-state index in [0.717, 1.165) is 27.9 Å². The molecule has 1 aromatic rings. The molecule has 2 amide bonds. The summed E-state index contributed by atoms with van der Waals surface area (Å²) < 4.78 is -0.249. The Morgan fingerprint density at radius 2 is 1.82 bits per heavy atom. The molecule has 0 fully saturated rings. The van der Waals surface area contributed by atoms with Crippen molar-refractivity contribution < 1.29 is 14.1 Å². The molecule has 1 aliphatic rings. The molecule has 1 unspecified atom stereocenters. The van der Waals surface area contributed by atoms with Gasteiger partial charge in [-0.1, -0.05) is 18.2 Å². The molecule has 1 atom stereocenters. The lowest BCUT2D eigenvalue weighted by molar-refractivity contribution is -0.663. The van der Waals surface area contributed by atoms with Gasteiger partial charge >= 0.3 is 11.1 Å². The van der Waals surface area contributed by atoms with Gasteiger partial charge in [0.25, 0.3) is 0 Å². The first kappa shape index (κ1) is 12.1. The van der Waals surface area contributed by atoms with Crippen molar-refractivity contribution >= 4 is 28.6 Å². The van der Waals surface area contributed by atoms with Crippen LogP contribution in [0, 0.1) is 0 Å². The van der Waals surface area contributed by atoms with Gasteiger partial charge in [0, 0.05) is 17.3 Å². The number of hydrogen-bond acceptors (Lipinski definition) is 3. The van der Waals surface area contributed by atoms with E-state index >= 15 is 0 Å². The summed E-state index contributed by atoms with van der Waals surface area (Å²) >= 11 is 1.15. The van der Waals surface area contributed by atoms with Crippen molar-refractivity contribution in [2.24, 2.45) is 0 Å². The molecule has 0 spiro atoms. The molecule has 3 nitrogen and oxygen atoms in total. The van der Waals surface area contributed by atoms with Crippen LogP contribution in [0.5, 0.6) is 0 Å². The second-order valence-corrected chi connectivity index (χ2v) is 5.33. The zero-order valence-electron chi connectivity index (χ0n) is 10.1. The molecular weight excluding hydrogens is 234 g/mol. The van der Waals surface area contributed by atoms with E-state index in [0.29, 0.717) is 0 Å². The highest BCUT2D eigenvalue weighted by Crippen LogP contribution is 2.44. The molecule has 1 aromatic carbocycles. The number of hydrogen-bond donors (Lipinski definition) is 0. The normalized spacial score (nSPS) is 24.3.